The Kier molecular flexibility index (Phi) is 3.77. The number of hydrogen-bond acceptors (Lipinski definition) is 4. The van der Waals surface area contributed by atoms with E-state index in [4.69, 9.17) is 9.47 Å². The Balaban J connectivity index is 1.60. The topological polar surface area (TPSA) is 65.4 Å². The number of nitrogens with zero attached hydrogens (tertiary/aromatic N) is 2. The SMILES string of the molecule is CCCn1ccc(C(=O)NCc2ccc3c(c2)OCO3)n1. The lowest BCUT2D eigenvalue weighted by Gasteiger charge is -2.05. The van der Waals surface area contributed by atoms with Crippen molar-refractivity contribution < 1.29 is 14.3 Å². The van der Waals surface area contributed by atoms with Crippen LogP contribution in [0.2, 0.25) is 0 Å². The lowest BCUT2D eigenvalue weighted by atomic mass is 10.2. The third-order valence-corrected chi connectivity index (χ3v) is 3.22. The highest BCUT2D eigenvalue weighted by Gasteiger charge is 2.14. The van der Waals surface area contributed by atoms with Crippen LogP contribution in [0.5, 0.6) is 11.5 Å². The molecule has 1 aliphatic heterocycles. The highest BCUT2D eigenvalue weighted by molar-refractivity contribution is 5.92. The normalized spacial score (nSPS) is 12.4. The predicted molar refractivity (Wildman–Crippen MR) is 76.3 cm³/mol. The molecular weight excluding hydrogens is 270 g/mol. The van der Waals surface area contributed by atoms with Crippen LogP contribution in [0.4, 0.5) is 0 Å². The number of carbonyl (C=O) groups excluding carboxylic acids is 1. The molecule has 1 aliphatic rings. The minimum absolute atomic E-state index is 0.178. The minimum Gasteiger partial charge on any atom is -0.454 e. The number of aromatic nitrogens is 2. The Morgan fingerprint density at radius 3 is 3.05 bits per heavy atom. The number of ether oxygens (including phenoxy) is 2. The summed E-state index contributed by atoms with van der Waals surface area (Å²) in [6.45, 7) is 3.56. The van der Waals surface area contributed by atoms with Gasteiger partial charge in [-0.3, -0.25) is 9.48 Å². The summed E-state index contributed by atoms with van der Waals surface area (Å²) in [6.07, 6.45) is 2.80. The Labute approximate surface area is 122 Å². The van der Waals surface area contributed by atoms with Crippen LogP contribution < -0.4 is 14.8 Å². The summed E-state index contributed by atoms with van der Waals surface area (Å²) in [5, 5.41) is 7.08. The summed E-state index contributed by atoms with van der Waals surface area (Å²) in [7, 11) is 0. The molecule has 0 spiro atoms. The Bertz CT molecular complexity index is 651. The van der Waals surface area contributed by atoms with E-state index in [1.807, 2.05) is 24.4 Å². The molecule has 0 saturated heterocycles. The largest absolute Gasteiger partial charge is 0.454 e. The first-order chi connectivity index (χ1) is 10.3. The first-order valence-electron chi connectivity index (χ1n) is 6.96. The van der Waals surface area contributed by atoms with E-state index in [-0.39, 0.29) is 12.7 Å². The van der Waals surface area contributed by atoms with Crippen LogP contribution in [0.3, 0.4) is 0 Å². The van der Waals surface area contributed by atoms with E-state index < -0.39 is 0 Å². The summed E-state index contributed by atoms with van der Waals surface area (Å²) < 4.78 is 12.3. The summed E-state index contributed by atoms with van der Waals surface area (Å²) in [5.74, 6) is 1.28. The fraction of sp³-hybridized carbons (Fsp3) is 0.333. The average Bonchev–Trinajstić information content (AvgIpc) is 3.13. The van der Waals surface area contributed by atoms with Gasteiger partial charge in [0.15, 0.2) is 11.5 Å². The first kappa shape index (κ1) is 13.5. The van der Waals surface area contributed by atoms with Crippen molar-refractivity contribution in [2.24, 2.45) is 0 Å². The summed E-state index contributed by atoms with van der Waals surface area (Å²) >= 11 is 0. The number of carbonyl (C=O) groups is 1. The van der Waals surface area contributed by atoms with Crippen LogP contribution >= 0.6 is 0 Å². The van der Waals surface area contributed by atoms with Gasteiger partial charge in [-0.1, -0.05) is 13.0 Å². The zero-order valence-electron chi connectivity index (χ0n) is 11.8. The molecule has 0 aliphatic carbocycles. The zero-order chi connectivity index (χ0) is 14.7. The first-order valence-corrected chi connectivity index (χ1v) is 6.96. The van der Waals surface area contributed by atoms with Crippen molar-refractivity contribution in [2.45, 2.75) is 26.4 Å². The van der Waals surface area contributed by atoms with Crippen LogP contribution in [0, 0.1) is 0 Å². The molecule has 0 fully saturated rings. The molecule has 0 atom stereocenters. The van der Waals surface area contributed by atoms with Crippen LogP contribution in [-0.2, 0) is 13.1 Å². The molecule has 0 radical (unpaired) electrons. The number of amides is 1. The molecule has 2 heterocycles. The Hall–Kier alpha value is -2.50. The van der Waals surface area contributed by atoms with Gasteiger partial charge in [-0.25, -0.2) is 0 Å². The standard InChI is InChI=1S/C15H17N3O3/c1-2-6-18-7-5-12(17-18)15(19)16-9-11-3-4-13-14(8-11)21-10-20-13/h3-5,7-8H,2,6,9-10H2,1H3,(H,16,19). The molecule has 0 saturated carbocycles. The van der Waals surface area contributed by atoms with Gasteiger partial charge in [0.1, 0.15) is 5.69 Å². The monoisotopic (exact) mass is 287 g/mol. The molecule has 6 nitrogen and oxygen atoms in total. The Morgan fingerprint density at radius 1 is 1.33 bits per heavy atom. The van der Waals surface area contributed by atoms with Crippen molar-refractivity contribution in [3.8, 4) is 11.5 Å². The van der Waals surface area contributed by atoms with Crippen molar-refractivity contribution in [3.05, 3.63) is 41.7 Å². The summed E-state index contributed by atoms with van der Waals surface area (Å²) in [5.41, 5.74) is 1.39. The smallest absolute Gasteiger partial charge is 0.272 e. The van der Waals surface area contributed by atoms with Crippen molar-refractivity contribution in [3.63, 3.8) is 0 Å². The number of aryl methyl sites for hydroxylation is 1. The van der Waals surface area contributed by atoms with E-state index in [9.17, 15) is 4.79 Å². The lowest BCUT2D eigenvalue weighted by Crippen LogP contribution is -2.23. The average molecular weight is 287 g/mol. The molecule has 110 valence electrons. The van der Waals surface area contributed by atoms with Gasteiger partial charge in [0.25, 0.3) is 5.91 Å². The van der Waals surface area contributed by atoms with Crippen LogP contribution in [0.25, 0.3) is 0 Å². The number of rotatable bonds is 5. The summed E-state index contributed by atoms with van der Waals surface area (Å²) in [6, 6.07) is 7.35. The molecule has 1 amide bonds. The molecule has 21 heavy (non-hydrogen) atoms. The highest BCUT2D eigenvalue weighted by Crippen LogP contribution is 2.32. The van der Waals surface area contributed by atoms with E-state index in [0.29, 0.717) is 18.0 Å². The number of fused-ring (bicyclic) bond motifs is 1. The van der Waals surface area contributed by atoms with Gasteiger partial charge in [-0.2, -0.15) is 5.10 Å². The second kappa shape index (κ2) is 5.87. The maximum atomic E-state index is 12.0. The van der Waals surface area contributed by atoms with Gasteiger partial charge < -0.3 is 14.8 Å². The summed E-state index contributed by atoms with van der Waals surface area (Å²) in [4.78, 5) is 12.0. The number of benzene rings is 1. The van der Waals surface area contributed by atoms with E-state index in [0.717, 1.165) is 24.3 Å². The van der Waals surface area contributed by atoms with Gasteiger partial charge in [-0.05, 0) is 30.2 Å². The predicted octanol–water partition coefficient (Wildman–Crippen LogP) is 1.95. The van der Waals surface area contributed by atoms with E-state index in [1.54, 1.807) is 10.7 Å². The van der Waals surface area contributed by atoms with Crippen LogP contribution in [0.15, 0.2) is 30.5 Å². The molecule has 2 aromatic rings. The van der Waals surface area contributed by atoms with Crippen molar-refractivity contribution >= 4 is 5.91 Å². The fourth-order valence-corrected chi connectivity index (χ4v) is 2.16. The molecule has 0 bridgehead atoms. The van der Waals surface area contributed by atoms with Crippen LogP contribution in [0.1, 0.15) is 29.4 Å². The quantitative estimate of drug-likeness (QED) is 0.913. The van der Waals surface area contributed by atoms with E-state index in [1.165, 1.54) is 0 Å². The van der Waals surface area contributed by atoms with Crippen LogP contribution in [-0.4, -0.2) is 22.5 Å². The zero-order valence-corrected chi connectivity index (χ0v) is 11.8. The number of nitrogens with one attached hydrogen (secondary N) is 1. The Morgan fingerprint density at radius 2 is 2.19 bits per heavy atom. The van der Waals surface area contributed by atoms with E-state index >= 15 is 0 Å². The third-order valence-electron chi connectivity index (χ3n) is 3.22. The maximum absolute atomic E-state index is 12.0. The highest BCUT2D eigenvalue weighted by atomic mass is 16.7. The van der Waals surface area contributed by atoms with E-state index in [2.05, 4.69) is 17.3 Å². The van der Waals surface area contributed by atoms with Crippen molar-refractivity contribution in [1.29, 1.82) is 0 Å². The molecule has 0 unspecified atom stereocenters. The molecule has 1 aromatic heterocycles. The fourth-order valence-electron chi connectivity index (χ4n) is 2.16. The van der Waals surface area contributed by atoms with Crippen molar-refractivity contribution in [2.75, 3.05) is 6.79 Å². The number of hydrogen-bond donors (Lipinski definition) is 1. The van der Waals surface area contributed by atoms with Gasteiger partial charge in [0.2, 0.25) is 6.79 Å². The molecule has 6 heteroatoms. The van der Waals surface area contributed by atoms with Gasteiger partial charge in [0, 0.05) is 19.3 Å². The minimum atomic E-state index is -0.178. The second-order valence-electron chi connectivity index (χ2n) is 4.83. The van der Waals surface area contributed by atoms with Crippen molar-refractivity contribution in [1.82, 2.24) is 15.1 Å². The van der Waals surface area contributed by atoms with Gasteiger partial charge in [-0.15, -0.1) is 0 Å². The molecule has 1 N–H and O–H groups in total. The molecular formula is C15H17N3O3. The molecule has 1 aromatic carbocycles. The second-order valence-corrected chi connectivity index (χ2v) is 4.83. The third kappa shape index (κ3) is 2.99. The van der Waals surface area contributed by atoms with Gasteiger partial charge >= 0.3 is 0 Å². The van der Waals surface area contributed by atoms with Gasteiger partial charge in [0.05, 0.1) is 0 Å². The maximum Gasteiger partial charge on any atom is 0.272 e. The molecule has 3 rings (SSSR count). The lowest BCUT2D eigenvalue weighted by molar-refractivity contribution is 0.0945.